The normalized spacial score (nSPS) is 10.0. The largest absolute Gasteiger partial charge is 0.511 e. The minimum absolute atomic E-state index is 0.499. The second kappa shape index (κ2) is 5.39. The summed E-state index contributed by atoms with van der Waals surface area (Å²) in [7, 11) is 0. The van der Waals surface area contributed by atoms with Crippen LogP contribution in [0.5, 0.6) is 5.75 Å². The third-order valence-corrected chi connectivity index (χ3v) is 2.28. The van der Waals surface area contributed by atoms with Gasteiger partial charge in [0.1, 0.15) is 5.75 Å². The maximum Gasteiger partial charge on any atom is 0.511 e. The monoisotopic (exact) mass is 208 g/mol. The van der Waals surface area contributed by atoms with E-state index in [1.54, 1.807) is 0 Å². The van der Waals surface area contributed by atoms with Gasteiger partial charge in [0, 0.05) is 0 Å². The predicted molar refractivity (Wildman–Crippen MR) is 58.4 cm³/mol. The lowest BCUT2D eigenvalue weighted by molar-refractivity contribution is 0.143. The van der Waals surface area contributed by atoms with Crippen LogP contribution in [0, 0.1) is 6.92 Å². The molecule has 0 amide bonds. The molecule has 3 heteroatoms. The number of benzene rings is 1. The van der Waals surface area contributed by atoms with Crippen LogP contribution in [0.15, 0.2) is 18.2 Å². The standard InChI is InChI=1S/C12H16O3/c1-3-4-7-10-8-5-6-9(2)11(10)15-12(13)14/h5-6,8H,3-4,7H2,1-2H3,(H,13,14). The van der Waals surface area contributed by atoms with Gasteiger partial charge in [0.25, 0.3) is 0 Å². The molecule has 0 fully saturated rings. The number of carboxylic acid groups (broad SMARTS) is 1. The van der Waals surface area contributed by atoms with E-state index >= 15 is 0 Å². The van der Waals surface area contributed by atoms with E-state index in [4.69, 9.17) is 9.84 Å². The Kier molecular flexibility index (Phi) is 4.16. The van der Waals surface area contributed by atoms with Crippen molar-refractivity contribution in [2.75, 3.05) is 0 Å². The van der Waals surface area contributed by atoms with Gasteiger partial charge < -0.3 is 9.84 Å². The van der Waals surface area contributed by atoms with Crippen LogP contribution in [0.3, 0.4) is 0 Å². The molecular weight excluding hydrogens is 192 g/mol. The van der Waals surface area contributed by atoms with Gasteiger partial charge in [0.15, 0.2) is 0 Å². The molecule has 1 N–H and O–H groups in total. The first kappa shape index (κ1) is 11.6. The first-order valence-corrected chi connectivity index (χ1v) is 5.14. The van der Waals surface area contributed by atoms with Gasteiger partial charge in [0.2, 0.25) is 0 Å². The lowest BCUT2D eigenvalue weighted by atomic mass is 10.0. The Bertz CT molecular complexity index is 345. The fraction of sp³-hybridized carbons (Fsp3) is 0.417. The zero-order valence-corrected chi connectivity index (χ0v) is 9.12. The number of ether oxygens (including phenoxy) is 1. The van der Waals surface area contributed by atoms with Gasteiger partial charge in [-0.3, -0.25) is 0 Å². The van der Waals surface area contributed by atoms with Crippen molar-refractivity contribution < 1.29 is 14.6 Å². The summed E-state index contributed by atoms with van der Waals surface area (Å²) in [5.41, 5.74) is 1.84. The number of hydrogen-bond acceptors (Lipinski definition) is 2. The maximum atomic E-state index is 10.5. The molecule has 0 aliphatic rings. The van der Waals surface area contributed by atoms with Gasteiger partial charge in [-0.2, -0.15) is 0 Å². The van der Waals surface area contributed by atoms with Crippen LogP contribution in [-0.4, -0.2) is 11.3 Å². The molecule has 0 aromatic heterocycles. The highest BCUT2D eigenvalue weighted by molar-refractivity contribution is 5.63. The molecule has 15 heavy (non-hydrogen) atoms. The number of para-hydroxylation sites is 1. The summed E-state index contributed by atoms with van der Waals surface area (Å²) in [6.45, 7) is 3.96. The molecule has 82 valence electrons. The zero-order chi connectivity index (χ0) is 11.3. The molecule has 0 aliphatic carbocycles. The summed E-state index contributed by atoms with van der Waals surface area (Å²) in [5.74, 6) is 0.499. The molecule has 0 radical (unpaired) electrons. The minimum Gasteiger partial charge on any atom is -0.449 e. The van der Waals surface area contributed by atoms with Gasteiger partial charge >= 0.3 is 6.16 Å². The summed E-state index contributed by atoms with van der Waals surface area (Å²) in [5, 5.41) is 8.62. The second-order valence-corrected chi connectivity index (χ2v) is 3.53. The smallest absolute Gasteiger partial charge is 0.449 e. The number of hydrogen-bond donors (Lipinski definition) is 1. The lowest BCUT2D eigenvalue weighted by Gasteiger charge is -2.10. The molecule has 0 bridgehead atoms. The first-order valence-electron chi connectivity index (χ1n) is 5.14. The third-order valence-electron chi connectivity index (χ3n) is 2.28. The molecule has 0 aliphatic heterocycles. The van der Waals surface area contributed by atoms with Crippen LogP contribution < -0.4 is 4.74 Å². The summed E-state index contributed by atoms with van der Waals surface area (Å²) < 4.78 is 4.79. The number of carbonyl (C=O) groups is 1. The van der Waals surface area contributed by atoms with E-state index < -0.39 is 6.16 Å². The fourth-order valence-corrected chi connectivity index (χ4v) is 1.51. The lowest BCUT2D eigenvalue weighted by Crippen LogP contribution is -2.06. The zero-order valence-electron chi connectivity index (χ0n) is 9.12. The Hall–Kier alpha value is -1.51. The Morgan fingerprint density at radius 3 is 2.80 bits per heavy atom. The summed E-state index contributed by atoms with van der Waals surface area (Å²) in [6.07, 6.45) is 1.74. The SMILES string of the molecule is CCCCc1cccc(C)c1OC(=O)O. The average Bonchev–Trinajstić information content (AvgIpc) is 2.18. The van der Waals surface area contributed by atoms with Crippen molar-refractivity contribution in [1.82, 2.24) is 0 Å². The highest BCUT2D eigenvalue weighted by Gasteiger charge is 2.09. The van der Waals surface area contributed by atoms with E-state index in [2.05, 4.69) is 6.92 Å². The molecule has 0 atom stereocenters. The molecule has 1 rings (SSSR count). The van der Waals surface area contributed by atoms with Crippen molar-refractivity contribution in [1.29, 1.82) is 0 Å². The highest BCUT2D eigenvalue weighted by Crippen LogP contribution is 2.25. The molecular formula is C12H16O3. The van der Waals surface area contributed by atoms with Crippen LogP contribution in [0.4, 0.5) is 4.79 Å². The van der Waals surface area contributed by atoms with Crippen molar-refractivity contribution in [3.8, 4) is 5.75 Å². The summed E-state index contributed by atoms with van der Waals surface area (Å²) in [6, 6.07) is 5.70. The average molecular weight is 208 g/mol. The van der Waals surface area contributed by atoms with Gasteiger partial charge in [0.05, 0.1) is 0 Å². The van der Waals surface area contributed by atoms with E-state index in [-0.39, 0.29) is 0 Å². The van der Waals surface area contributed by atoms with Gasteiger partial charge in [-0.25, -0.2) is 4.79 Å². The van der Waals surface area contributed by atoms with Gasteiger partial charge in [-0.15, -0.1) is 0 Å². The molecule has 0 saturated carbocycles. The Morgan fingerprint density at radius 2 is 2.20 bits per heavy atom. The van der Waals surface area contributed by atoms with E-state index in [0.29, 0.717) is 5.75 Å². The summed E-state index contributed by atoms with van der Waals surface area (Å²) >= 11 is 0. The molecule has 0 heterocycles. The molecule has 3 nitrogen and oxygen atoms in total. The topological polar surface area (TPSA) is 46.5 Å². The van der Waals surface area contributed by atoms with E-state index in [9.17, 15) is 4.79 Å². The van der Waals surface area contributed by atoms with Crippen molar-refractivity contribution in [2.24, 2.45) is 0 Å². The maximum absolute atomic E-state index is 10.5. The quantitative estimate of drug-likeness (QED) is 0.609. The fourth-order valence-electron chi connectivity index (χ4n) is 1.51. The Labute approximate surface area is 89.7 Å². The Morgan fingerprint density at radius 1 is 1.47 bits per heavy atom. The van der Waals surface area contributed by atoms with Crippen LogP contribution in [0.1, 0.15) is 30.9 Å². The first-order chi connectivity index (χ1) is 7.15. The number of unbranched alkanes of at least 4 members (excludes halogenated alkanes) is 1. The van der Waals surface area contributed by atoms with Crippen LogP contribution in [0.2, 0.25) is 0 Å². The van der Waals surface area contributed by atoms with Crippen molar-refractivity contribution >= 4 is 6.16 Å². The van der Waals surface area contributed by atoms with Crippen molar-refractivity contribution in [3.05, 3.63) is 29.3 Å². The van der Waals surface area contributed by atoms with Crippen molar-refractivity contribution in [2.45, 2.75) is 33.1 Å². The number of rotatable bonds is 4. The van der Waals surface area contributed by atoms with Crippen molar-refractivity contribution in [3.63, 3.8) is 0 Å². The van der Waals surface area contributed by atoms with Crippen LogP contribution >= 0.6 is 0 Å². The molecule has 0 unspecified atom stereocenters. The molecule has 1 aromatic rings. The highest BCUT2D eigenvalue weighted by atomic mass is 16.7. The Balaban J connectivity index is 2.92. The summed E-state index contributed by atoms with van der Waals surface area (Å²) in [4.78, 5) is 10.5. The second-order valence-electron chi connectivity index (χ2n) is 3.53. The van der Waals surface area contributed by atoms with E-state index in [1.807, 2.05) is 25.1 Å². The van der Waals surface area contributed by atoms with Crippen LogP contribution in [0.25, 0.3) is 0 Å². The van der Waals surface area contributed by atoms with E-state index in [1.165, 1.54) is 0 Å². The van der Waals surface area contributed by atoms with Gasteiger partial charge in [-0.1, -0.05) is 31.5 Å². The molecule has 0 spiro atoms. The third kappa shape index (κ3) is 3.27. The van der Waals surface area contributed by atoms with Crippen LogP contribution in [-0.2, 0) is 6.42 Å². The number of aryl methyl sites for hydroxylation is 2. The molecule has 0 saturated heterocycles. The van der Waals surface area contributed by atoms with E-state index in [0.717, 1.165) is 30.4 Å². The minimum atomic E-state index is -1.25. The predicted octanol–water partition coefficient (Wildman–Crippen LogP) is 3.39. The molecule has 1 aromatic carbocycles. The van der Waals surface area contributed by atoms with Gasteiger partial charge in [-0.05, 0) is 30.9 Å².